The van der Waals surface area contributed by atoms with Crippen molar-refractivity contribution < 1.29 is 5.11 Å². The van der Waals surface area contributed by atoms with Gasteiger partial charge in [-0.2, -0.15) is 0 Å². The molecular formula is C10H18O. The molecule has 0 fully saturated rings. The summed E-state index contributed by atoms with van der Waals surface area (Å²) in [7, 11) is 0. The molecule has 1 atom stereocenters. The quantitative estimate of drug-likeness (QED) is 0.619. The second-order valence-electron chi connectivity index (χ2n) is 3.50. The molecule has 1 aliphatic carbocycles. The largest absolute Gasteiger partial charge is 0.386 e. The maximum Gasteiger partial charge on any atom is 0.0827 e. The van der Waals surface area contributed by atoms with Crippen molar-refractivity contribution in [2.24, 2.45) is 0 Å². The fourth-order valence-corrected chi connectivity index (χ4v) is 1.60. The van der Waals surface area contributed by atoms with Gasteiger partial charge in [-0.1, -0.05) is 31.9 Å². The van der Waals surface area contributed by atoms with Crippen molar-refractivity contribution in [1.82, 2.24) is 0 Å². The van der Waals surface area contributed by atoms with E-state index in [9.17, 15) is 5.11 Å². The van der Waals surface area contributed by atoms with Gasteiger partial charge in [0.1, 0.15) is 0 Å². The zero-order valence-electron chi connectivity index (χ0n) is 7.34. The van der Waals surface area contributed by atoms with Crippen LogP contribution in [0.5, 0.6) is 0 Å². The molecule has 64 valence electrons. The number of allylic oxidation sites excluding steroid dienone is 1. The molecule has 0 aromatic rings. The number of aliphatic hydroxyl groups is 1. The molecule has 0 heterocycles. The van der Waals surface area contributed by atoms with Crippen LogP contribution in [0.3, 0.4) is 0 Å². The Hall–Kier alpha value is -0.300. The third-order valence-corrected chi connectivity index (χ3v) is 2.37. The van der Waals surface area contributed by atoms with E-state index in [1.165, 1.54) is 6.42 Å². The highest BCUT2D eigenvalue weighted by Gasteiger charge is 2.23. The molecule has 0 aliphatic heterocycles. The van der Waals surface area contributed by atoms with Gasteiger partial charge in [0.05, 0.1) is 5.60 Å². The van der Waals surface area contributed by atoms with Crippen LogP contribution in [-0.4, -0.2) is 10.7 Å². The lowest BCUT2D eigenvalue weighted by Crippen LogP contribution is -2.27. The van der Waals surface area contributed by atoms with Gasteiger partial charge in [0.2, 0.25) is 0 Å². The van der Waals surface area contributed by atoms with Gasteiger partial charge in [0, 0.05) is 0 Å². The highest BCUT2D eigenvalue weighted by molar-refractivity contribution is 5.04. The van der Waals surface area contributed by atoms with Crippen LogP contribution in [0.4, 0.5) is 0 Å². The minimum Gasteiger partial charge on any atom is -0.386 e. The van der Waals surface area contributed by atoms with E-state index in [4.69, 9.17) is 0 Å². The van der Waals surface area contributed by atoms with Gasteiger partial charge < -0.3 is 5.11 Å². The number of hydrogen-bond donors (Lipinski definition) is 1. The summed E-state index contributed by atoms with van der Waals surface area (Å²) in [5.74, 6) is 0. The molecule has 0 saturated heterocycles. The van der Waals surface area contributed by atoms with Crippen LogP contribution >= 0.6 is 0 Å². The van der Waals surface area contributed by atoms with E-state index in [0.717, 1.165) is 32.1 Å². The summed E-state index contributed by atoms with van der Waals surface area (Å²) in [6, 6.07) is 0. The Morgan fingerprint density at radius 3 is 2.91 bits per heavy atom. The molecule has 1 rings (SSSR count). The Morgan fingerprint density at radius 2 is 2.36 bits per heavy atom. The van der Waals surface area contributed by atoms with Crippen molar-refractivity contribution in [3.63, 3.8) is 0 Å². The molecule has 0 aromatic carbocycles. The Balaban J connectivity index is 2.37. The Morgan fingerprint density at radius 1 is 1.55 bits per heavy atom. The predicted octanol–water partition coefficient (Wildman–Crippen LogP) is 2.65. The molecule has 0 aromatic heterocycles. The fourth-order valence-electron chi connectivity index (χ4n) is 1.60. The van der Waals surface area contributed by atoms with Gasteiger partial charge in [0.25, 0.3) is 0 Å². The molecule has 1 N–H and O–H groups in total. The summed E-state index contributed by atoms with van der Waals surface area (Å²) in [5.41, 5.74) is -0.450. The van der Waals surface area contributed by atoms with Crippen LogP contribution in [0.25, 0.3) is 0 Å². The summed E-state index contributed by atoms with van der Waals surface area (Å²) in [6.45, 7) is 2.16. The van der Waals surface area contributed by atoms with Crippen LogP contribution in [0.2, 0.25) is 0 Å². The number of rotatable bonds is 3. The fraction of sp³-hybridized carbons (Fsp3) is 0.800. The van der Waals surface area contributed by atoms with Gasteiger partial charge in [-0.25, -0.2) is 0 Å². The second-order valence-corrected chi connectivity index (χ2v) is 3.50. The molecular weight excluding hydrogens is 136 g/mol. The monoisotopic (exact) mass is 154 g/mol. The van der Waals surface area contributed by atoms with E-state index >= 15 is 0 Å². The first kappa shape index (κ1) is 8.79. The lowest BCUT2D eigenvalue weighted by atomic mass is 9.87. The lowest BCUT2D eigenvalue weighted by molar-refractivity contribution is 0.0633. The SMILES string of the molecule is CCCCC1(O)C=CCCC1. The summed E-state index contributed by atoms with van der Waals surface area (Å²) >= 11 is 0. The van der Waals surface area contributed by atoms with Crippen molar-refractivity contribution in [2.75, 3.05) is 0 Å². The van der Waals surface area contributed by atoms with E-state index in [1.807, 2.05) is 6.08 Å². The van der Waals surface area contributed by atoms with Gasteiger partial charge in [-0.15, -0.1) is 0 Å². The first-order valence-corrected chi connectivity index (χ1v) is 4.67. The van der Waals surface area contributed by atoms with Gasteiger partial charge in [-0.05, 0) is 25.7 Å². The smallest absolute Gasteiger partial charge is 0.0827 e. The zero-order valence-corrected chi connectivity index (χ0v) is 7.34. The predicted molar refractivity (Wildman–Crippen MR) is 47.5 cm³/mol. The average Bonchev–Trinajstić information content (AvgIpc) is 2.03. The first-order valence-electron chi connectivity index (χ1n) is 4.67. The first-order chi connectivity index (χ1) is 5.27. The van der Waals surface area contributed by atoms with E-state index in [2.05, 4.69) is 13.0 Å². The van der Waals surface area contributed by atoms with Crippen molar-refractivity contribution in [1.29, 1.82) is 0 Å². The molecule has 1 nitrogen and oxygen atoms in total. The third kappa shape index (κ3) is 2.66. The van der Waals surface area contributed by atoms with Crippen molar-refractivity contribution in [2.45, 2.75) is 51.0 Å². The highest BCUT2D eigenvalue weighted by Crippen LogP contribution is 2.26. The van der Waals surface area contributed by atoms with Crippen LogP contribution in [0, 0.1) is 0 Å². The van der Waals surface area contributed by atoms with E-state index < -0.39 is 5.60 Å². The molecule has 0 saturated carbocycles. The number of hydrogen-bond acceptors (Lipinski definition) is 1. The maximum atomic E-state index is 9.92. The third-order valence-electron chi connectivity index (χ3n) is 2.37. The molecule has 0 radical (unpaired) electrons. The Kier molecular flexibility index (Phi) is 3.13. The molecule has 0 bridgehead atoms. The van der Waals surface area contributed by atoms with Crippen LogP contribution in [-0.2, 0) is 0 Å². The van der Waals surface area contributed by atoms with Crippen molar-refractivity contribution >= 4 is 0 Å². The maximum absolute atomic E-state index is 9.92. The highest BCUT2D eigenvalue weighted by atomic mass is 16.3. The Bertz CT molecular complexity index is 140. The van der Waals surface area contributed by atoms with Crippen LogP contribution < -0.4 is 0 Å². The second kappa shape index (κ2) is 3.91. The van der Waals surface area contributed by atoms with Crippen molar-refractivity contribution in [3.05, 3.63) is 12.2 Å². The van der Waals surface area contributed by atoms with E-state index in [-0.39, 0.29) is 0 Å². The average molecular weight is 154 g/mol. The van der Waals surface area contributed by atoms with Gasteiger partial charge >= 0.3 is 0 Å². The van der Waals surface area contributed by atoms with Crippen LogP contribution in [0.1, 0.15) is 45.4 Å². The van der Waals surface area contributed by atoms with Gasteiger partial charge in [-0.3, -0.25) is 0 Å². The topological polar surface area (TPSA) is 20.2 Å². The molecule has 0 spiro atoms. The van der Waals surface area contributed by atoms with Gasteiger partial charge in [0.15, 0.2) is 0 Å². The van der Waals surface area contributed by atoms with Crippen LogP contribution in [0.15, 0.2) is 12.2 Å². The minimum absolute atomic E-state index is 0.450. The summed E-state index contributed by atoms with van der Waals surface area (Å²) in [6.07, 6.45) is 10.6. The minimum atomic E-state index is -0.450. The van der Waals surface area contributed by atoms with E-state index in [0.29, 0.717) is 0 Å². The Labute approximate surface area is 69.1 Å². The summed E-state index contributed by atoms with van der Waals surface area (Å²) < 4.78 is 0. The normalized spacial score (nSPS) is 30.7. The lowest BCUT2D eigenvalue weighted by Gasteiger charge is -2.27. The van der Waals surface area contributed by atoms with E-state index in [1.54, 1.807) is 0 Å². The van der Waals surface area contributed by atoms with Crippen molar-refractivity contribution in [3.8, 4) is 0 Å². The molecule has 1 aliphatic rings. The molecule has 11 heavy (non-hydrogen) atoms. The molecule has 1 heteroatoms. The summed E-state index contributed by atoms with van der Waals surface area (Å²) in [4.78, 5) is 0. The molecule has 1 unspecified atom stereocenters. The zero-order chi connectivity index (χ0) is 8.16. The summed E-state index contributed by atoms with van der Waals surface area (Å²) in [5, 5.41) is 9.92. The molecule has 0 amide bonds. The standard InChI is InChI=1S/C10H18O/c1-2-3-7-10(11)8-5-4-6-9-10/h5,8,11H,2-4,6-7,9H2,1H3. The number of unbranched alkanes of at least 4 members (excludes halogenated alkanes) is 1.